The topological polar surface area (TPSA) is 56.8 Å². The van der Waals surface area contributed by atoms with E-state index in [-0.39, 0.29) is 24.1 Å². The molecule has 4 atom stereocenters. The first-order valence-electron chi connectivity index (χ1n) is 20.5. The minimum atomic E-state index is -0.364. The molecule has 0 amide bonds. The van der Waals surface area contributed by atoms with Crippen LogP contribution in [0, 0.1) is 11.8 Å². The lowest BCUT2D eigenvalue weighted by Gasteiger charge is -2.27. The molecule has 47 heavy (non-hydrogen) atoms. The molecule has 4 unspecified atom stereocenters. The minimum Gasteiger partial charge on any atom is -0.388 e. The summed E-state index contributed by atoms with van der Waals surface area (Å²) >= 11 is 0. The van der Waals surface area contributed by atoms with Crippen molar-refractivity contribution in [3.05, 3.63) is 11.3 Å². The highest BCUT2D eigenvalue weighted by atomic mass is 16.6. The fraction of sp³-hybridized carbons (Fsp3) is 0.927. The second kappa shape index (κ2) is 27.9. The van der Waals surface area contributed by atoms with Crippen LogP contribution >= 0.6 is 0 Å². The van der Waals surface area contributed by atoms with Crippen molar-refractivity contribution in [2.45, 2.75) is 206 Å². The molecule has 2 rings (SSSR count). The van der Waals surface area contributed by atoms with Crippen LogP contribution in [-0.2, 0) is 19.0 Å². The number of methoxy groups -OCH3 is 1. The Balaban J connectivity index is 1.33. The fourth-order valence-electron chi connectivity index (χ4n) is 7.45. The van der Waals surface area contributed by atoms with Crippen molar-refractivity contribution < 1.29 is 19.0 Å². The van der Waals surface area contributed by atoms with Gasteiger partial charge in [-0.1, -0.05) is 135 Å². The van der Waals surface area contributed by atoms with Crippen molar-refractivity contribution in [2.24, 2.45) is 11.8 Å². The molecule has 2 aliphatic rings. The van der Waals surface area contributed by atoms with Crippen LogP contribution in [0.5, 0.6) is 0 Å². The highest BCUT2D eigenvalue weighted by Gasteiger charge is 2.44. The van der Waals surface area contributed by atoms with Crippen molar-refractivity contribution >= 4 is 13.6 Å². The Morgan fingerprint density at radius 2 is 1.26 bits per heavy atom. The average Bonchev–Trinajstić information content (AvgIpc) is 3.84. The highest BCUT2D eigenvalue weighted by Crippen LogP contribution is 2.34. The molecule has 0 spiro atoms. The van der Waals surface area contributed by atoms with Crippen LogP contribution in [0.1, 0.15) is 188 Å². The Labute approximate surface area is 293 Å². The summed E-state index contributed by atoms with van der Waals surface area (Å²) in [7, 11) is 8.00. The Kier molecular flexibility index (Phi) is 25.1. The third kappa shape index (κ3) is 20.4. The molecule has 2 radical (unpaired) electrons. The predicted molar refractivity (Wildman–Crippen MR) is 200 cm³/mol. The molecule has 1 saturated heterocycles. The molecule has 0 aromatic carbocycles. The summed E-state index contributed by atoms with van der Waals surface area (Å²) in [4.78, 5) is 11.6. The third-order valence-electron chi connectivity index (χ3n) is 10.4. The first-order valence-corrected chi connectivity index (χ1v) is 20.5. The van der Waals surface area contributed by atoms with Gasteiger partial charge in [0.1, 0.15) is 13.6 Å². The number of hydrogen-bond acceptors (Lipinski definition) is 5. The second-order valence-electron chi connectivity index (χ2n) is 15.1. The number of carbonyl (C=O) groups excluding carboxylic acids is 1. The Morgan fingerprint density at radius 1 is 0.766 bits per heavy atom. The first kappa shape index (κ1) is 42.3. The van der Waals surface area contributed by atoms with Gasteiger partial charge in [-0.05, 0) is 50.9 Å². The lowest BCUT2D eigenvalue weighted by Crippen LogP contribution is -2.36. The van der Waals surface area contributed by atoms with E-state index in [1.165, 1.54) is 141 Å². The van der Waals surface area contributed by atoms with Gasteiger partial charge in [-0.3, -0.25) is 4.79 Å². The smallest absolute Gasteiger partial charge is 0.132 e. The number of carbonyl (C=O) groups is 1. The van der Waals surface area contributed by atoms with Gasteiger partial charge in [0.25, 0.3) is 0 Å². The number of ketones is 1. The van der Waals surface area contributed by atoms with Gasteiger partial charge >= 0.3 is 0 Å². The largest absolute Gasteiger partial charge is 0.388 e. The van der Waals surface area contributed by atoms with E-state index in [4.69, 9.17) is 22.1 Å². The van der Waals surface area contributed by atoms with Crippen molar-refractivity contribution in [2.75, 3.05) is 26.9 Å². The number of ether oxygens (including phenoxy) is 3. The van der Waals surface area contributed by atoms with Crippen LogP contribution in [0.4, 0.5) is 0 Å². The lowest BCUT2D eigenvalue weighted by molar-refractivity contribution is -0.119. The zero-order valence-corrected chi connectivity index (χ0v) is 31.6. The van der Waals surface area contributed by atoms with Crippen molar-refractivity contribution in [3.63, 3.8) is 0 Å². The number of Topliss-reactive ketones (excluding diaryl/α,β-unsaturated/α-hetero) is 1. The van der Waals surface area contributed by atoms with E-state index in [9.17, 15) is 4.79 Å². The van der Waals surface area contributed by atoms with Gasteiger partial charge in [-0.15, -0.1) is 0 Å². The Morgan fingerprint density at radius 3 is 1.70 bits per heavy atom. The number of hydrogen-bond donors (Lipinski definition) is 1. The van der Waals surface area contributed by atoms with Crippen LogP contribution in [0.15, 0.2) is 11.3 Å². The van der Waals surface area contributed by atoms with Gasteiger partial charge in [0.2, 0.25) is 0 Å². The van der Waals surface area contributed by atoms with Gasteiger partial charge in [0, 0.05) is 50.7 Å². The van der Waals surface area contributed by atoms with Crippen LogP contribution in [0.2, 0.25) is 0 Å². The summed E-state index contributed by atoms with van der Waals surface area (Å²) in [6, 6.07) is -0.364. The Hall–Kier alpha value is -0.845. The van der Waals surface area contributed by atoms with Gasteiger partial charge in [0.15, 0.2) is 0 Å². The molecular formula is C41H76BNO4. The molecule has 272 valence electrons. The first-order chi connectivity index (χ1) is 23.0. The summed E-state index contributed by atoms with van der Waals surface area (Å²) in [5.74, 6) is 1.19. The maximum atomic E-state index is 11.6. The summed E-state index contributed by atoms with van der Waals surface area (Å²) in [5.41, 5.74) is 3.17. The standard InChI is InChI=1S/C41H76BNO4/c1-5-26-36(44)27-23-21-19-17-15-13-11-9-7-6-8-10-12-14-16-18-20-22-24-28-37(35-29-30-35)43-31-25-32-46-40-39(34(2)3)38(33-45-4)47-41(40)42/h34,38-41,43H,5-33H2,1-4H3. The molecule has 1 N–H and O–H groups in total. The minimum absolute atomic E-state index is 0.0202. The summed E-state index contributed by atoms with van der Waals surface area (Å²) in [6.07, 6.45) is 33.5. The third-order valence-corrected chi connectivity index (χ3v) is 10.4. The molecular weight excluding hydrogens is 581 g/mol. The molecule has 1 saturated carbocycles. The summed E-state index contributed by atoms with van der Waals surface area (Å²) in [6.45, 7) is 8.79. The normalized spacial score (nSPS) is 20.7. The van der Waals surface area contributed by atoms with Crippen molar-refractivity contribution in [1.82, 2.24) is 5.32 Å². The van der Waals surface area contributed by atoms with Gasteiger partial charge in [-0.25, -0.2) is 0 Å². The second-order valence-corrected chi connectivity index (χ2v) is 15.1. The fourth-order valence-corrected chi connectivity index (χ4v) is 7.45. The number of rotatable bonds is 33. The van der Waals surface area contributed by atoms with Gasteiger partial charge in [-0.2, -0.15) is 0 Å². The molecule has 0 bridgehead atoms. The maximum absolute atomic E-state index is 11.6. The average molecular weight is 658 g/mol. The zero-order chi connectivity index (χ0) is 34.0. The molecule has 6 heteroatoms. The molecule has 1 aliphatic carbocycles. The van der Waals surface area contributed by atoms with E-state index >= 15 is 0 Å². The van der Waals surface area contributed by atoms with Crippen LogP contribution < -0.4 is 5.32 Å². The molecule has 0 aromatic rings. The number of unbranched alkanes of at least 4 members (excludes halogenated alkanes) is 18. The van der Waals surface area contributed by atoms with Gasteiger partial charge in [0.05, 0.1) is 18.8 Å². The van der Waals surface area contributed by atoms with Crippen molar-refractivity contribution in [1.29, 1.82) is 0 Å². The summed E-state index contributed by atoms with van der Waals surface area (Å²) in [5, 5.41) is 3.76. The number of allylic oxidation sites excluding steroid dienone is 2. The lowest BCUT2D eigenvalue weighted by atomic mass is 9.81. The highest BCUT2D eigenvalue weighted by molar-refractivity contribution is 6.11. The molecule has 5 nitrogen and oxygen atoms in total. The van der Waals surface area contributed by atoms with Crippen LogP contribution in [0.25, 0.3) is 0 Å². The Bertz CT molecular complexity index is 796. The van der Waals surface area contributed by atoms with E-state index in [1.54, 1.807) is 12.7 Å². The molecule has 2 fully saturated rings. The van der Waals surface area contributed by atoms with Gasteiger partial charge < -0.3 is 19.5 Å². The zero-order valence-electron chi connectivity index (χ0n) is 31.6. The van der Waals surface area contributed by atoms with Crippen LogP contribution in [0.3, 0.4) is 0 Å². The van der Waals surface area contributed by atoms with E-state index in [0.717, 1.165) is 38.6 Å². The van der Waals surface area contributed by atoms with E-state index in [2.05, 4.69) is 26.1 Å². The van der Waals surface area contributed by atoms with Crippen LogP contribution in [-0.4, -0.2) is 58.7 Å². The maximum Gasteiger partial charge on any atom is 0.132 e. The number of nitrogens with one attached hydrogen (secondary N) is 1. The molecule has 1 aliphatic heterocycles. The SMILES string of the molecule is [B]C1OC(COC)C(C(C)C)C1OCCCNC(CCCCCCCCCCCCCCCCCCCCCC(=O)CCC)=C1CC1. The summed E-state index contributed by atoms with van der Waals surface area (Å²) < 4.78 is 17.6. The van der Waals surface area contributed by atoms with Crippen molar-refractivity contribution in [3.8, 4) is 0 Å². The quantitative estimate of drug-likeness (QED) is 0.0562. The monoisotopic (exact) mass is 658 g/mol. The van der Waals surface area contributed by atoms with E-state index < -0.39 is 0 Å². The molecule has 1 heterocycles. The molecule has 0 aromatic heterocycles. The van der Waals surface area contributed by atoms with E-state index in [0.29, 0.717) is 24.9 Å². The van der Waals surface area contributed by atoms with E-state index in [1.807, 2.05) is 0 Å². The predicted octanol–water partition coefficient (Wildman–Crippen LogP) is 10.8.